The van der Waals surface area contributed by atoms with Crippen LogP contribution in [0.3, 0.4) is 0 Å². The van der Waals surface area contributed by atoms with Crippen LogP contribution >= 0.6 is 0 Å². The van der Waals surface area contributed by atoms with E-state index >= 15 is 0 Å². The van der Waals surface area contributed by atoms with Crippen LogP contribution in [0, 0.1) is 0 Å². The van der Waals surface area contributed by atoms with E-state index in [-0.39, 0.29) is 17.9 Å². The molecule has 0 aliphatic heterocycles. The average Bonchev–Trinajstić information content (AvgIpc) is 2.51. The Morgan fingerprint density at radius 1 is 0.909 bits per heavy atom. The minimum atomic E-state index is -0.838. The van der Waals surface area contributed by atoms with Crippen molar-refractivity contribution in [1.29, 1.82) is 0 Å². The topological polar surface area (TPSA) is 77.8 Å². The van der Waals surface area contributed by atoms with Gasteiger partial charge in [0, 0.05) is 11.8 Å². The molecule has 2 aromatic carbocycles. The fourth-order valence-electron chi connectivity index (χ4n) is 2.92. The van der Waals surface area contributed by atoms with Gasteiger partial charge in [-0.3, -0.25) is 4.79 Å². The van der Waals surface area contributed by atoms with Crippen molar-refractivity contribution < 1.29 is 20.1 Å². The average molecular weight is 300 g/mol. The fraction of sp³-hybridized carbons (Fsp3) is 0.278. The fourth-order valence-corrected chi connectivity index (χ4v) is 2.92. The van der Waals surface area contributed by atoms with E-state index in [1.807, 2.05) is 31.2 Å². The van der Waals surface area contributed by atoms with Gasteiger partial charge in [-0.05, 0) is 48.2 Å². The molecule has 4 nitrogen and oxygen atoms in total. The number of phenols is 2. The second-order valence-electron chi connectivity index (χ2n) is 5.42. The van der Waals surface area contributed by atoms with Crippen LogP contribution in [-0.4, -0.2) is 21.3 Å². The van der Waals surface area contributed by atoms with Gasteiger partial charge < -0.3 is 15.3 Å². The van der Waals surface area contributed by atoms with Crippen molar-refractivity contribution in [2.75, 3.05) is 0 Å². The number of carboxylic acid groups (broad SMARTS) is 1. The van der Waals surface area contributed by atoms with Crippen molar-refractivity contribution in [2.24, 2.45) is 0 Å². The number of carboxylic acids is 1. The maximum absolute atomic E-state index is 11.1. The van der Waals surface area contributed by atoms with Gasteiger partial charge in [0.25, 0.3) is 0 Å². The van der Waals surface area contributed by atoms with Crippen molar-refractivity contribution in [2.45, 2.75) is 31.6 Å². The molecule has 0 aliphatic carbocycles. The molecule has 22 heavy (non-hydrogen) atoms. The van der Waals surface area contributed by atoms with Gasteiger partial charge in [0.2, 0.25) is 0 Å². The Morgan fingerprint density at radius 2 is 1.32 bits per heavy atom. The van der Waals surface area contributed by atoms with E-state index in [0.717, 1.165) is 17.5 Å². The minimum absolute atomic E-state index is 0.0512. The second-order valence-corrected chi connectivity index (χ2v) is 5.42. The van der Waals surface area contributed by atoms with E-state index in [4.69, 9.17) is 5.11 Å². The molecular weight excluding hydrogens is 280 g/mol. The van der Waals surface area contributed by atoms with Gasteiger partial charge in [0.05, 0.1) is 0 Å². The van der Waals surface area contributed by atoms with Gasteiger partial charge in [-0.1, -0.05) is 31.2 Å². The van der Waals surface area contributed by atoms with Gasteiger partial charge in [-0.25, -0.2) is 0 Å². The molecular formula is C18H20O4. The van der Waals surface area contributed by atoms with Crippen LogP contribution in [-0.2, 0) is 10.2 Å². The molecule has 0 atom stereocenters. The summed E-state index contributed by atoms with van der Waals surface area (Å²) in [7, 11) is 0. The third-order valence-corrected chi connectivity index (χ3v) is 4.21. The Balaban J connectivity index is 2.52. The molecule has 116 valence electrons. The van der Waals surface area contributed by atoms with Gasteiger partial charge in [0.1, 0.15) is 11.5 Å². The van der Waals surface area contributed by atoms with E-state index in [1.165, 1.54) is 0 Å². The number of hydrogen-bond acceptors (Lipinski definition) is 3. The zero-order chi connectivity index (χ0) is 16.2. The summed E-state index contributed by atoms with van der Waals surface area (Å²) >= 11 is 0. The molecule has 0 amide bonds. The lowest BCUT2D eigenvalue weighted by Gasteiger charge is -2.34. The molecule has 3 N–H and O–H groups in total. The molecule has 0 aliphatic rings. The summed E-state index contributed by atoms with van der Waals surface area (Å²) in [6.45, 7) is 2.02. The molecule has 0 aromatic heterocycles. The first kappa shape index (κ1) is 15.9. The monoisotopic (exact) mass is 300 g/mol. The summed E-state index contributed by atoms with van der Waals surface area (Å²) in [5, 5.41) is 28.1. The van der Waals surface area contributed by atoms with Crippen molar-refractivity contribution in [1.82, 2.24) is 0 Å². The van der Waals surface area contributed by atoms with Crippen LogP contribution < -0.4 is 0 Å². The third kappa shape index (κ3) is 3.22. The van der Waals surface area contributed by atoms with E-state index in [9.17, 15) is 15.0 Å². The number of aromatic hydroxyl groups is 2. The molecule has 2 rings (SSSR count). The number of aliphatic carboxylic acids is 1. The first-order valence-corrected chi connectivity index (χ1v) is 7.29. The van der Waals surface area contributed by atoms with Crippen LogP contribution in [0.4, 0.5) is 0 Å². The Kier molecular flexibility index (Phi) is 4.71. The number of carbonyl (C=O) groups is 1. The summed E-state index contributed by atoms with van der Waals surface area (Å²) in [5.74, 6) is -0.481. The van der Waals surface area contributed by atoms with Crippen molar-refractivity contribution in [3.63, 3.8) is 0 Å². The Labute approximate surface area is 129 Å². The normalized spacial score (nSPS) is 11.3. The first-order valence-electron chi connectivity index (χ1n) is 7.29. The summed E-state index contributed by atoms with van der Waals surface area (Å²) in [4.78, 5) is 11.1. The Morgan fingerprint density at radius 3 is 1.64 bits per heavy atom. The van der Waals surface area contributed by atoms with E-state index in [1.54, 1.807) is 24.3 Å². The summed E-state index contributed by atoms with van der Waals surface area (Å²) in [6.07, 6.45) is 1.22. The summed E-state index contributed by atoms with van der Waals surface area (Å²) in [5.41, 5.74) is 1.46. The highest BCUT2D eigenvalue weighted by Crippen LogP contribution is 2.40. The predicted octanol–water partition coefficient (Wildman–Crippen LogP) is 3.66. The lowest BCUT2D eigenvalue weighted by atomic mass is 9.69. The zero-order valence-electron chi connectivity index (χ0n) is 12.5. The Hall–Kier alpha value is -2.49. The first-order chi connectivity index (χ1) is 10.5. The molecule has 0 saturated carbocycles. The van der Waals surface area contributed by atoms with E-state index < -0.39 is 11.4 Å². The predicted molar refractivity (Wildman–Crippen MR) is 84.2 cm³/mol. The van der Waals surface area contributed by atoms with Crippen LogP contribution in [0.25, 0.3) is 0 Å². The van der Waals surface area contributed by atoms with Gasteiger partial charge in [-0.2, -0.15) is 0 Å². The van der Waals surface area contributed by atoms with Crippen molar-refractivity contribution >= 4 is 5.97 Å². The molecule has 0 heterocycles. The highest BCUT2D eigenvalue weighted by atomic mass is 16.4. The molecule has 0 radical (unpaired) electrons. The van der Waals surface area contributed by atoms with Gasteiger partial charge in [0.15, 0.2) is 0 Å². The van der Waals surface area contributed by atoms with Crippen LogP contribution in [0.15, 0.2) is 48.5 Å². The minimum Gasteiger partial charge on any atom is -0.508 e. The molecule has 0 saturated heterocycles. The van der Waals surface area contributed by atoms with Gasteiger partial charge >= 0.3 is 5.97 Å². The zero-order valence-corrected chi connectivity index (χ0v) is 12.5. The molecule has 0 bridgehead atoms. The molecule has 0 fully saturated rings. The standard InChI is InChI=1S/C18H20O4/c1-2-18(12-11-17(21)22,13-3-7-15(19)8-4-13)14-5-9-16(20)10-6-14/h3-10,19-20H,2,11-12H2,1H3,(H,21,22). The largest absolute Gasteiger partial charge is 0.508 e. The molecule has 2 aromatic rings. The summed E-state index contributed by atoms with van der Waals surface area (Å²) < 4.78 is 0. The highest BCUT2D eigenvalue weighted by molar-refractivity contribution is 5.67. The second kappa shape index (κ2) is 6.52. The van der Waals surface area contributed by atoms with Crippen LogP contribution in [0.5, 0.6) is 11.5 Å². The van der Waals surface area contributed by atoms with Crippen molar-refractivity contribution in [3.05, 3.63) is 59.7 Å². The van der Waals surface area contributed by atoms with Gasteiger partial charge in [-0.15, -0.1) is 0 Å². The molecule has 4 heteroatoms. The number of phenolic OH excluding ortho intramolecular Hbond substituents is 2. The number of benzene rings is 2. The van der Waals surface area contributed by atoms with Crippen LogP contribution in [0.1, 0.15) is 37.3 Å². The van der Waals surface area contributed by atoms with E-state index in [2.05, 4.69) is 0 Å². The van der Waals surface area contributed by atoms with Crippen LogP contribution in [0.2, 0.25) is 0 Å². The van der Waals surface area contributed by atoms with Crippen molar-refractivity contribution in [3.8, 4) is 11.5 Å². The number of hydrogen-bond donors (Lipinski definition) is 3. The van der Waals surface area contributed by atoms with E-state index in [0.29, 0.717) is 6.42 Å². The third-order valence-electron chi connectivity index (χ3n) is 4.21. The smallest absolute Gasteiger partial charge is 0.303 e. The SMILES string of the molecule is CCC(CCC(=O)O)(c1ccc(O)cc1)c1ccc(O)cc1. The number of rotatable bonds is 6. The lowest BCUT2D eigenvalue weighted by Crippen LogP contribution is -2.28. The lowest BCUT2D eigenvalue weighted by molar-refractivity contribution is -0.137. The quantitative estimate of drug-likeness (QED) is 0.761. The maximum Gasteiger partial charge on any atom is 0.303 e. The maximum atomic E-state index is 11.1. The Bertz CT molecular complexity index is 584. The molecule has 0 unspecified atom stereocenters. The molecule has 0 spiro atoms. The highest BCUT2D eigenvalue weighted by Gasteiger charge is 2.33. The summed E-state index contributed by atoms with van der Waals surface area (Å²) in [6, 6.07) is 13.8.